The highest BCUT2D eigenvalue weighted by Gasteiger charge is 2.29. The number of primary amides is 1. The van der Waals surface area contributed by atoms with Crippen molar-refractivity contribution in [3.63, 3.8) is 0 Å². The lowest BCUT2D eigenvalue weighted by Gasteiger charge is -2.19. The number of aromatic amines is 1. The Kier molecular flexibility index (Phi) is 6.93. The summed E-state index contributed by atoms with van der Waals surface area (Å²) in [6.45, 7) is 6.22. The summed E-state index contributed by atoms with van der Waals surface area (Å²) in [5.74, 6) is -1.40. The Morgan fingerprint density at radius 1 is 1.14 bits per heavy atom. The van der Waals surface area contributed by atoms with Crippen LogP contribution in [0.2, 0.25) is 0 Å². The molecule has 0 aliphatic heterocycles. The number of benzene rings is 1. The topological polar surface area (TPSA) is 131 Å². The Bertz CT molecular complexity index is 933. The first-order valence-corrected chi connectivity index (χ1v) is 9.16. The summed E-state index contributed by atoms with van der Waals surface area (Å²) >= 11 is 0. The minimum absolute atomic E-state index is 0.159. The van der Waals surface area contributed by atoms with E-state index in [0.717, 1.165) is 5.56 Å². The zero-order chi connectivity index (χ0) is 21.7. The van der Waals surface area contributed by atoms with Crippen molar-refractivity contribution in [2.45, 2.75) is 46.3 Å². The van der Waals surface area contributed by atoms with Gasteiger partial charge in [-0.05, 0) is 38.8 Å². The van der Waals surface area contributed by atoms with Gasteiger partial charge in [-0.1, -0.05) is 30.3 Å². The number of ether oxygens (including phenoxy) is 1. The number of esters is 1. The summed E-state index contributed by atoms with van der Waals surface area (Å²) in [7, 11) is 0. The van der Waals surface area contributed by atoms with Gasteiger partial charge in [0.25, 0.3) is 0 Å². The van der Waals surface area contributed by atoms with Crippen molar-refractivity contribution in [1.82, 2.24) is 10.3 Å². The molecule has 8 heteroatoms. The molecule has 4 N–H and O–H groups in total. The van der Waals surface area contributed by atoms with Gasteiger partial charge in [-0.3, -0.25) is 9.59 Å². The number of nitrogens with two attached hydrogens (primary N) is 1. The van der Waals surface area contributed by atoms with Crippen LogP contribution in [0.25, 0.3) is 0 Å². The lowest BCUT2D eigenvalue weighted by molar-refractivity contribution is -0.148. The van der Waals surface area contributed by atoms with Crippen LogP contribution in [-0.2, 0) is 16.0 Å². The molecule has 2 aromatic rings. The summed E-state index contributed by atoms with van der Waals surface area (Å²) in [6.07, 6.45) is -0.953. The number of nitrogens with one attached hydrogen (secondary N) is 2. The van der Waals surface area contributed by atoms with Gasteiger partial charge in [0, 0.05) is 17.7 Å². The molecule has 0 spiro atoms. The highest BCUT2D eigenvalue weighted by atomic mass is 16.5. The fraction of sp³-hybridized carbons (Fsp3) is 0.333. The smallest absolute Gasteiger partial charge is 0.329 e. The average Bonchev–Trinajstić information content (AvgIpc) is 2.95. The molecule has 2 atom stereocenters. The zero-order valence-electron chi connectivity index (χ0n) is 16.9. The average molecular weight is 399 g/mol. The van der Waals surface area contributed by atoms with Crippen molar-refractivity contribution in [2.24, 2.45) is 5.73 Å². The van der Waals surface area contributed by atoms with Crippen molar-refractivity contribution in [3.05, 3.63) is 58.4 Å². The Balaban J connectivity index is 2.16. The van der Waals surface area contributed by atoms with Crippen LogP contribution in [-0.4, -0.2) is 40.7 Å². The first-order chi connectivity index (χ1) is 13.6. The van der Waals surface area contributed by atoms with Gasteiger partial charge in [-0.25, -0.2) is 9.59 Å². The number of carbonyl (C=O) groups is 4. The monoisotopic (exact) mass is 399 g/mol. The van der Waals surface area contributed by atoms with E-state index in [2.05, 4.69) is 10.3 Å². The summed E-state index contributed by atoms with van der Waals surface area (Å²) in [4.78, 5) is 51.3. The van der Waals surface area contributed by atoms with Crippen molar-refractivity contribution in [2.75, 3.05) is 0 Å². The third-order valence-electron chi connectivity index (χ3n) is 4.58. The Morgan fingerprint density at radius 3 is 2.28 bits per heavy atom. The molecular weight excluding hydrogens is 374 g/mol. The maximum Gasteiger partial charge on any atom is 0.329 e. The quantitative estimate of drug-likeness (QED) is 0.463. The summed E-state index contributed by atoms with van der Waals surface area (Å²) in [6, 6.07) is 7.12. The van der Waals surface area contributed by atoms with Gasteiger partial charge in [-0.2, -0.15) is 0 Å². The second-order valence-electron chi connectivity index (χ2n) is 6.88. The van der Waals surface area contributed by atoms with Crippen LogP contribution in [0.4, 0.5) is 4.79 Å². The van der Waals surface area contributed by atoms with E-state index in [1.165, 1.54) is 13.8 Å². The first kappa shape index (κ1) is 21.9. The molecule has 0 bridgehead atoms. The SMILES string of the molecule is CC(=O)c1c(C)[nH]c(C(=O)[C@@H](C)OC(=O)[C@H](Cc2ccccc2)NC(N)=O)c1C. The van der Waals surface area contributed by atoms with Crippen LogP contribution in [0.15, 0.2) is 30.3 Å². The Morgan fingerprint density at radius 2 is 1.76 bits per heavy atom. The molecule has 1 heterocycles. The fourth-order valence-electron chi connectivity index (χ4n) is 3.25. The van der Waals surface area contributed by atoms with Crippen LogP contribution in [0.1, 0.15) is 51.5 Å². The summed E-state index contributed by atoms with van der Waals surface area (Å²) < 4.78 is 5.30. The number of amides is 2. The van der Waals surface area contributed by atoms with Gasteiger partial charge >= 0.3 is 12.0 Å². The van der Waals surface area contributed by atoms with E-state index in [9.17, 15) is 19.2 Å². The van der Waals surface area contributed by atoms with Gasteiger partial charge in [-0.15, -0.1) is 0 Å². The number of urea groups is 1. The van der Waals surface area contributed by atoms with Crippen molar-refractivity contribution in [3.8, 4) is 0 Å². The molecule has 1 aromatic carbocycles. The first-order valence-electron chi connectivity index (χ1n) is 9.16. The molecule has 2 rings (SSSR count). The minimum Gasteiger partial charge on any atom is -0.453 e. The molecule has 154 valence electrons. The zero-order valence-corrected chi connectivity index (χ0v) is 16.9. The third-order valence-corrected chi connectivity index (χ3v) is 4.58. The molecule has 0 saturated heterocycles. The highest BCUT2D eigenvalue weighted by molar-refractivity contribution is 6.05. The van der Waals surface area contributed by atoms with Crippen LogP contribution >= 0.6 is 0 Å². The van der Waals surface area contributed by atoms with E-state index in [4.69, 9.17) is 10.5 Å². The molecule has 29 heavy (non-hydrogen) atoms. The summed E-state index contributed by atoms with van der Waals surface area (Å²) in [5, 5.41) is 2.35. The number of aromatic nitrogens is 1. The molecule has 2 amide bonds. The fourth-order valence-corrected chi connectivity index (χ4v) is 3.25. The van der Waals surface area contributed by atoms with Crippen LogP contribution in [0.3, 0.4) is 0 Å². The van der Waals surface area contributed by atoms with Gasteiger partial charge in [0.15, 0.2) is 11.9 Å². The Labute approximate surface area is 168 Å². The minimum atomic E-state index is -1.12. The normalized spacial score (nSPS) is 12.7. The molecule has 0 fully saturated rings. The third kappa shape index (κ3) is 5.31. The highest BCUT2D eigenvalue weighted by Crippen LogP contribution is 2.20. The van der Waals surface area contributed by atoms with E-state index in [0.29, 0.717) is 16.8 Å². The second-order valence-corrected chi connectivity index (χ2v) is 6.88. The number of hydrogen-bond donors (Lipinski definition) is 3. The van der Waals surface area contributed by atoms with Crippen LogP contribution < -0.4 is 11.1 Å². The van der Waals surface area contributed by atoms with E-state index in [1.54, 1.807) is 38.1 Å². The number of ketones is 2. The lowest BCUT2D eigenvalue weighted by Crippen LogP contribution is -2.47. The van der Waals surface area contributed by atoms with Crippen molar-refractivity contribution < 1.29 is 23.9 Å². The number of rotatable bonds is 8. The molecule has 0 aliphatic carbocycles. The Hall–Kier alpha value is -3.42. The molecule has 0 aliphatic rings. The number of hydrogen-bond acceptors (Lipinski definition) is 5. The van der Waals surface area contributed by atoms with Crippen molar-refractivity contribution in [1.29, 1.82) is 0 Å². The largest absolute Gasteiger partial charge is 0.453 e. The van der Waals surface area contributed by atoms with Gasteiger partial charge in [0.05, 0.1) is 5.69 Å². The predicted octanol–water partition coefficient (Wildman–Crippen LogP) is 2.23. The van der Waals surface area contributed by atoms with E-state index >= 15 is 0 Å². The van der Waals surface area contributed by atoms with Crippen molar-refractivity contribution >= 4 is 23.6 Å². The number of Topliss-reactive ketones (excluding diaryl/α,β-unsaturated/α-hetero) is 2. The molecule has 0 saturated carbocycles. The molecule has 8 nitrogen and oxygen atoms in total. The predicted molar refractivity (Wildman–Crippen MR) is 107 cm³/mol. The number of carbonyl (C=O) groups excluding carboxylic acids is 4. The summed E-state index contributed by atoms with van der Waals surface area (Å²) in [5.41, 5.74) is 7.73. The lowest BCUT2D eigenvalue weighted by atomic mass is 10.0. The van der Waals surface area contributed by atoms with Crippen LogP contribution in [0, 0.1) is 13.8 Å². The molecule has 0 unspecified atom stereocenters. The molecule has 0 radical (unpaired) electrons. The number of H-pyrrole nitrogens is 1. The maximum absolute atomic E-state index is 12.8. The molecule has 1 aromatic heterocycles. The van der Waals surface area contributed by atoms with E-state index < -0.39 is 29.9 Å². The van der Waals surface area contributed by atoms with E-state index in [-0.39, 0.29) is 17.9 Å². The standard InChI is InChI=1S/C21H25N3O5/c1-11-17(13(3)25)12(2)23-18(11)19(26)14(4)29-20(27)16(24-21(22)28)10-15-8-6-5-7-9-15/h5-9,14,16,23H,10H2,1-4H3,(H3,22,24,28)/t14-,16+/m1/s1. The van der Waals surface area contributed by atoms with Gasteiger partial charge in [0.1, 0.15) is 6.04 Å². The van der Waals surface area contributed by atoms with Gasteiger partial charge < -0.3 is 20.8 Å². The maximum atomic E-state index is 12.8. The van der Waals surface area contributed by atoms with E-state index in [1.807, 2.05) is 6.07 Å². The van der Waals surface area contributed by atoms with Gasteiger partial charge in [0.2, 0.25) is 5.78 Å². The second kappa shape index (κ2) is 9.18. The number of aryl methyl sites for hydroxylation is 1. The molecular formula is C21H25N3O5. The van der Waals surface area contributed by atoms with Crippen LogP contribution in [0.5, 0.6) is 0 Å².